The van der Waals surface area contributed by atoms with Crippen LogP contribution in [0.3, 0.4) is 0 Å². The van der Waals surface area contributed by atoms with Crippen LogP contribution in [0.1, 0.15) is 22.9 Å². The van der Waals surface area contributed by atoms with E-state index in [-0.39, 0.29) is 12.0 Å². The lowest BCUT2D eigenvalue weighted by Gasteiger charge is -2.30. The van der Waals surface area contributed by atoms with E-state index in [1.807, 2.05) is 24.3 Å². The molecule has 1 aliphatic heterocycles. The van der Waals surface area contributed by atoms with Crippen LogP contribution in [0.25, 0.3) is 10.9 Å². The predicted octanol–water partition coefficient (Wildman–Crippen LogP) is 3.74. The number of methoxy groups -OCH3 is 1. The summed E-state index contributed by atoms with van der Waals surface area (Å²) in [5.41, 5.74) is 3.69. The van der Waals surface area contributed by atoms with E-state index in [4.69, 9.17) is 16.3 Å². The Balaban J connectivity index is 1.90. The van der Waals surface area contributed by atoms with Crippen LogP contribution in [0.4, 0.5) is 4.39 Å². The van der Waals surface area contributed by atoms with E-state index in [1.54, 1.807) is 6.07 Å². The summed E-state index contributed by atoms with van der Waals surface area (Å²) in [6, 6.07) is 11.4. The minimum absolute atomic E-state index is 0.313. The molecule has 1 aliphatic rings. The van der Waals surface area contributed by atoms with E-state index >= 15 is 0 Å². The molecule has 0 saturated carbocycles. The van der Waals surface area contributed by atoms with Gasteiger partial charge in [0.05, 0.1) is 13.2 Å². The summed E-state index contributed by atoms with van der Waals surface area (Å²) in [6.07, 6.45) is 0.515. The second-order valence-corrected chi connectivity index (χ2v) is 6.52. The maximum absolute atomic E-state index is 13.5. The molecule has 2 atom stereocenters. The van der Waals surface area contributed by atoms with E-state index in [0.717, 1.165) is 22.2 Å². The van der Waals surface area contributed by atoms with Crippen molar-refractivity contribution in [2.24, 2.45) is 0 Å². The molecule has 3 aromatic rings. The number of aromatic amines is 1. The minimum atomic E-state index is -0.497. The standard InChI is InChI=1S/C19H16ClFN2O2/c1-25-19(24)16-9-13-11-4-2-3-5-15(11)22-18(13)17(23-16)12-7-6-10(21)8-14(12)20/h2-8,16-17,22-23H,9H2,1H3/t16-,17+/m0/s1. The Labute approximate surface area is 148 Å². The number of fused-ring (bicyclic) bond motifs is 3. The average Bonchev–Trinajstić information content (AvgIpc) is 2.99. The molecule has 25 heavy (non-hydrogen) atoms. The van der Waals surface area contributed by atoms with E-state index < -0.39 is 11.9 Å². The van der Waals surface area contributed by atoms with E-state index in [0.29, 0.717) is 17.0 Å². The molecule has 1 aromatic heterocycles. The summed E-state index contributed by atoms with van der Waals surface area (Å²) in [5, 5.41) is 4.66. The van der Waals surface area contributed by atoms with Crippen LogP contribution in [-0.4, -0.2) is 24.1 Å². The molecule has 0 amide bonds. The van der Waals surface area contributed by atoms with Crippen molar-refractivity contribution in [2.75, 3.05) is 7.11 Å². The fourth-order valence-electron chi connectivity index (χ4n) is 3.51. The fraction of sp³-hybridized carbons (Fsp3) is 0.211. The number of aromatic nitrogens is 1. The first-order valence-electron chi connectivity index (χ1n) is 7.97. The highest BCUT2D eigenvalue weighted by atomic mass is 35.5. The average molecular weight is 359 g/mol. The number of ether oxygens (including phenoxy) is 1. The van der Waals surface area contributed by atoms with E-state index in [1.165, 1.54) is 19.2 Å². The Hall–Kier alpha value is -2.37. The van der Waals surface area contributed by atoms with Crippen molar-refractivity contribution in [3.63, 3.8) is 0 Å². The van der Waals surface area contributed by atoms with Crippen LogP contribution in [0.5, 0.6) is 0 Å². The fourth-order valence-corrected chi connectivity index (χ4v) is 3.79. The summed E-state index contributed by atoms with van der Waals surface area (Å²) in [7, 11) is 1.37. The molecule has 2 aromatic carbocycles. The highest BCUT2D eigenvalue weighted by Gasteiger charge is 2.35. The summed E-state index contributed by atoms with van der Waals surface area (Å²) in [5.74, 6) is -0.731. The molecule has 0 saturated heterocycles. The predicted molar refractivity (Wildman–Crippen MR) is 94.2 cm³/mol. The zero-order chi connectivity index (χ0) is 17.6. The second-order valence-electron chi connectivity index (χ2n) is 6.11. The molecule has 0 fully saturated rings. The SMILES string of the molecule is COC(=O)[C@@H]1Cc2c([nH]c3ccccc23)[C@@H](c2ccc(F)cc2Cl)N1. The Morgan fingerprint density at radius 3 is 2.84 bits per heavy atom. The van der Waals surface area contributed by atoms with Crippen LogP contribution in [0, 0.1) is 5.82 Å². The lowest BCUT2D eigenvalue weighted by molar-refractivity contribution is -0.143. The first kappa shape index (κ1) is 16.1. The number of benzene rings is 2. The number of hydrogen-bond acceptors (Lipinski definition) is 3. The van der Waals surface area contributed by atoms with Crippen LogP contribution in [0.15, 0.2) is 42.5 Å². The van der Waals surface area contributed by atoms with Crippen molar-refractivity contribution in [3.05, 3.63) is 70.1 Å². The highest BCUT2D eigenvalue weighted by Crippen LogP contribution is 2.37. The van der Waals surface area contributed by atoms with Crippen LogP contribution >= 0.6 is 11.6 Å². The molecule has 0 bridgehead atoms. The zero-order valence-corrected chi connectivity index (χ0v) is 14.2. The quantitative estimate of drug-likeness (QED) is 0.686. The third-order valence-corrected chi connectivity index (χ3v) is 5.00. The number of hydrogen-bond donors (Lipinski definition) is 2. The number of nitrogens with one attached hydrogen (secondary N) is 2. The number of halogens is 2. The molecular weight excluding hydrogens is 343 g/mol. The van der Waals surface area contributed by atoms with Gasteiger partial charge in [0.2, 0.25) is 0 Å². The maximum atomic E-state index is 13.5. The van der Waals surface area contributed by atoms with Gasteiger partial charge < -0.3 is 9.72 Å². The molecule has 2 heterocycles. The largest absolute Gasteiger partial charge is 0.468 e. The summed E-state index contributed by atoms with van der Waals surface area (Å²) < 4.78 is 18.4. The smallest absolute Gasteiger partial charge is 0.323 e. The van der Waals surface area contributed by atoms with Crippen molar-refractivity contribution in [3.8, 4) is 0 Å². The molecular formula is C19H16ClFN2O2. The Bertz CT molecular complexity index is 969. The number of para-hydroxylation sites is 1. The first-order chi connectivity index (χ1) is 12.1. The molecule has 0 aliphatic carbocycles. The van der Waals surface area contributed by atoms with Gasteiger partial charge in [0.15, 0.2) is 0 Å². The topological polar surface area (TPSA) is 54.1 Å². The van der Waals surface area contributed by atoms with Gasteiger partial charge in [0, 0.05) is 28.0 Å². The number of carbonyl (C=O) groups is 1. The lowest BCUT2D eigenvalue weighted by atomic mass is 9.90. The van der Waals surface area contributed by atoms with Crippen LogP contribution in [-0.2, 0) is 16.0 Å². The maximum Gasteiger partial charge on any atom is 0.323 e. The van der Waals surface area contributed by atoms with Gasteiger partial charge in [-0.05, 0) is 29.3 Å². The molecule has 0 radical (unpaired) electrons. The van der Waals surface area contributed by atoms with Crippen molar-refractivity contribution in [1.82, 2.24) is 10.3 Å². The minimum Gasteiger partial charge on any atom is -0.468 e. The molecule has 128 valence electrons. The normalized spacial score (nSPS) is 19.6. The molecule has 4 nitrogen and oxygen atoms in total. The Morgan fingerprint density at radius 2 is 2.08 bits per heavy atom. The van der Waals surface area contributed by atoms with Gasteiger partial charge in [-0.15, -0.1) is 0 Å². The van der Waals surface area contributed by atoms with Crippen molar-refractivity contribution in [2.45, 2.75) is 18.5 Å². The molecule has 2 N–H and O–H groups in total. The van der Waals surface area contributed by atoms with Gasteiger partial charge in [-0.25, -0.2) is 4.39 Å². The summed E-state index contributed by atoms with van der Waals surface area (Å²) >= 11 is 6.28. The van der Waals surface area contributed by atoms with Gasteiger partial charge in [-0.1, -0.05) is 35.9 Å². The first-order valence-corrected chi connectivity index (χ1v) is 8.34. The van der Waals surface area contributed by atoms with E-state index in [9.17, 15) is 9.18 Å². The van der Waals surface area contributed by atoms with Crippen LogP contribution in [0.2, 0.25) is 5.02 Å². The third kappa shape index (κ3) is 2.69. The van der Waals surface area contributed by atoms with Crippen molar-refractivity contribution < 1.29 is 13.9 Å². The molecule has 0 spiro atoms. The third-order valence-electron chi connectivity index (χ3n) is 4.67. The Kier molecular flexibility index (Phi) is 3.98. The highest BCUT2D eigenvalue weighted by molar-refractivity contribution is 6.31. The number of H-pyrrole nitrogens is 1. The second kappa shape index (κ2) is 6.17. The van der Waals surface area contributed by atoms with Gasteiger partial charge in [0.1, 0.15) is 11.9 Å². The van der Waals surface area contributed by atoms with Crippen molar-refractivity contribution in [1.29, 1.82) is 0 Å². The number of esters is 1. The van der Waals surface area contributed by atoms with Gasteiger partial charge in [-0.3, -0.25) is 10.1 Å². The molecule has 6 heteroatoms. The number of carbonyl (C=O) groups excluding carboxylic acids is 1. The zero-order valence-electron chi connectivity index (χ0n) is 13.5. The lowest BCUT2D eigenvalue weighted by Crippen LogP contribution is -2.45. The molecule has 0 unspecified atom stereocenters. The monoisotopic (exact) mass is 358 g/mol. The van der Waals surface area contributed by atoms with E-state index in [2.05, 4.69) is 10.3 Å². The van der Waals surface area contributed by atoms with Gasteiger partial charge >= 0.3 is 5.97 Å². The summed E-state index contributed by atoms with van der Waals surface area (Å²) in [4.78, 5) is 15.6. The van der Waals surface area contributed by atoms with Gasteiger partial charge in [-0.2, -0.15) is 0 Å². The van der Waals surface area contributed by atoms with Crippen LogP contribution < -0.4 is 5.32 Å². The number of rotatable bonds is 2. The Morgan fingerprint density at radius 1 is 1.28 bits per heavy atom. The van der Waals surface area contributed by atoms with Gasteiger partial charge in [0.25, 0.3) is 0 Å². The van der Waals surface area contributed by atoms with Crippen molar-refractivity contribution >= 4 is 28.5 Å². The summed E-state index contributed by atoms with van der Waals surface area (Å²) in [6.45, 7) is 0. The molecule has 4 rings (SSSR count).